The molecule has 0 amide bonds. The monoisotopic (exact) mass is 454 g/mol. The second-order valence-electron chi connectivity index (χ2n) is 9.83. The smallest absolute Gasteiger partial charge is 0.132 e. The first-order chi connectivity index (χ1) is 15.4. The topological polar surface area (TPSA) is 57.5 Å². The van der Waals surface area contributed by atoms with Crippen molar-refractivity contribution in [3.63, 3.8) is 0 Å². The average molecular weight is 455 g/mol. The maximum absolute atomic E-state index is 12.2. The van der Waals surface area contributed by atoms with Crippen LogP contribution in [0.2, 0.25) is 0 Å². The van der Waals surface area contributed by atoms with Crippen LogP contribution in [0.5, 0.6) is 0 Å². The van der Waals surface area contributed by atoms with Crippen molar-refractivity contribution in [1.29, 1.82) is 0 Å². The molecule has 2 aromatic rings. The summed E-state index contributed by atoms with van der Waals surface area (Å²) in [7, 11) is 0. The maximum Gasteiger partial charge on any atom is 0.132 e. The van der Waals surface area contributed by atoms with Crippen LogP contribution in [-0.2, 0) is 15.6 Å². The lowest BCUT2D eigenvalue weighted by molar-refractivity contribution is -0.119. The lowest BCUT2D eigenvalue weighted by Crippen LogP contribution is -2.26. The summed E-state index contributed by atoms with van der Waals surface area (Å²) in [5, 5.41) is 19.8. The predicted octanol–water partition coefficient (Wildman–Crippen LogP) is 6.99. The average Bonchev–Trinajstić information content (AvgIpc) is 2.84. The third-order valence-corrected chi connectivity index (χ3v) is 7.01. The molecule has 184 valence electrons. The van der Waals surface area contributed by atoms with Gasteiger partial charge in [-0.15, -0.1) is 0 Å². The summed E-state index contributed by atoms with van der Waals surface area (Å²) in [4.78, 5) is 12.2. The largest absolute Gasteiger partial charge is 0.395 e. The van der Waals surface area contributed by atoms with Gasteiger partial charge in [0.2, 0.25) is 0 Å². The highest BCUT2D eigenvalue weighted by Gasteiger charge is 2.25. The third-order valence-electron chi connectivity index (χ3n) is 7.01. The Balaban J connectivity index is 0.00000544. The molecule has 2 rings (SSSR count). The van der Waals surface area contributed by atoms with Crippen LogP contribution in [0.1, 0.15) is 96.6 Å². The molecule has 0 heterocycles. The van der Waals surface area contributed by atoms with Gasteiger partial charge in [0.15, 0.2) is 0 Å². The molecule has 2 N–H and O–H groups in total. The van der Waals surface area contributed by atoms with Crippen LogP contribution in [0.15, 0.2) is 60.7 Å². The first-order valence-corrected chi connectivity index (χ1v) is 12.3. The van der Waals surface area contributed by atoms with E-state index in [1.807, 2.05) is 36.4 Å². The van der Waals surface area contributed by atoms with E-state index >= 15 is 0 Å². The molecular formula is C30H46O3. The lowest BCUT2D eigenvalue weighted by Gasteiger charge is -2.28. The van der Waals surface area contributed by atoms with Crippen molar-refractivity contribution in [2.45, 2.75) is 96.3 Å². The van der Waals surface area contributed by atoms with E-state index in [4.69, 9.17) is 0 Å². The number of carbonyl (C=O) groups is 1. The number of aliphatic hydroxyl groups excluding tert-OH is 2. The molecule has 0 fully saturated rings. The Morgan fingerprint density at radius 3 is 1.33 bits per heavy atom. The summed E-state index contributed by atoms with van der Waals surface area (Å²) in [6.07, 6.45) is 9.19. The van der Waals surface area contributed by atoms with Gasteiger partial charge in [-0.05, 0) is 36.8 Å². The molecule has 0 aliphatic rings. The van der Waals surface area contributed by atoms with E-state index in [1.54, 1.807) is 0 Å². The van der Waals surface area contributed by atoms with Crippen LogP contribution in [0, 0.1) is 0 Å². The number of hydrogen-bond acceptors (Lipinski definition) is 3. The maximum atomic E-state index is 12.2. The molecule has 2 atom stereocenters. The van der Waals surface area contributed by atoms with E-state index < -0.39 is 0 Å². The van der Waals surface area contributed by atoms with E-state index in [-0.39, 0.29) is 31.5 Å². The second kappa shape index (κ2) is 15.0. The van der Waals surface area contributed by atoms with Gasteiger partial charge in [-0.3, -0.25) is 4.79 Å². The minimum absolute atomic E-state index is 0. The van der Waals surface area contributed by atoms with E-state index in [9.17, 15) is 15.0 Å². The molecular weight excluding hydrogens is 408 g/mol. The van der Waals surface area contributed by atoms with Crippen molar-refractivity contribution in [3.8, 4) is 0 Å². The van der Waals surface area contributed by atoms with Gasteiger partial charge < -0.3 is 10.2 Å². The molecule has 2 unspecified atom stereocenters. The minimum Gasteiger partial charge on any atom is -0.395 e. The highest BCUT2D eigenvalue weighted by atomic mass is 16.3. The van der Waals surface area contributed by atoms with Gasteiger partial charge >= 0.3 is 0 Å². The Hall–Kier alpha value is -1.97. The zero-order valence-electron chi connectivity index (χ0n) is 20.1. The molecule has 0 aromatic heterocycles. The number of Topliss-reactive ketones (excluding diaryl/α,β-unsaturated/α-hetero) is 1. The van der Waals surface area contributed by atoms with Crippen LogP contribution >= 0.6 is 0 Å². The van der Waals surface area contributed by atoms with Gasteiger partial charge in [-0.25, -0.2) is 0 Å². The molecule has 0 aliphatic carbocycles. The van der Waals surface area contributed by atoms with Crippen LogP contribution in [0.3, 0.4) is 0 Å². The number of aliphatic hydroxyl groups is 2. The van der Waals surface area contributed by atoms with Gasteiger partial charge in [0.25, 0.3) is 0 Å². The Morgan fingerprint density at radius 1 is 0.636 bits per heavy atom. The van der Waals surface area contributed by atoms with Gasteiger partial charge in [-0.1, -0.05) is 108 Å². The molecule has 0 saturated heterocycles. The first kappa shape index (κ1) is 29.1. The summed E-state index contributed by atoms with van der Waals surface area (Å²) in [5.74, 6) is 0.367. The standard InChI is InChI=1S/C29H42O3.CH4/c1-28(23-30,25-15-7-3-8-16-25)21-13-5-11-19-27(32)20-12-6-14-22-29(2,24-31)26-17-9-4-10-18-26;/h3-4,7-10,15-18,30-31H,5-6,11-14,19-24H2,1-2H3;1H4. The van der Waals surface area contributed by atoms with E-state index in [2.05, 4.69) is 38.1 Å². The van der Waals surface area contributed by atoms with Gasteiger partial charge in [0.1, 0.15) is 5.78 Å². The number of hydrogen-bond donors (Lipinski definition) is 2. The summed E-state index contributed by atoms with van der Waals surface area (Å²) < 4.78 is 0. The van der Waals surface area contributed by atoms with Crippen molar-refractivity contribution >= 4 is 5.78 Å². The molecule has 3 nitrogen and oxygen atoms in total. The van der Waals surface area contributed by atoms with Crippen molar-refractivity contribution in [2.24, 2.45) is 0 Å². The Kier molecular flexibility index (Phi) is 13.2. The summed E-state index contributed by atoms with van der Waals surface area (Å²) in [6.45, 7) is 4.53. The minimum atomic E-state index is -0.200. The normalized spacial score (nSPS) is 14.7. The van der Waals surface area contributed by atoms with E-state index in [0.717, 1.165) is 51.4 Å². The zero-order valence-corrected chi connectivity index (χ0v) is 20.1. The number of rotatable bonds is 16. The molecule has 0 aliphatic heterocycles. The fourth-order valence-electron chi connectivity index (χ4n) is 4.46. The van der Waals surface area contributed by atoms with Crippen LogP contribution in [0.25, 0.3) is 0 Å². The van der Waals surface area contributed by atoms with Crippen LogP contribution in [0.4, 0.5) is 0 Å². The lowest BCUT2D eigenvalue weighted by atomic mass is 9.78. The van der Waals surface area contributed by atoms with Gasteiger partial charge in [0, 0.05) is 23.7 Å². The first-order valence-electron chi connectivity index (χ1n) is 12.3. The molecule has 0 bridgehead atoms. The number of ketones is 1. The van der Waals surface area contributed by atoms with Gasteiger partial charge in [-0.2, -0.15) is 0 Å². The highest BCUT2D eigenvalue weighted by Crippen LogP contribution is 2.30. The molecule has 33 heavy (non-hydrogen) atoms. The Morgan fingerprint density at radius 2 is 1.00 bits per heavy atom. The van der Waals surface area contributed by atoms with Gasteiger partial charge in [0.05, 0.1) is 13.2 Å². The Labute approximate surface area is 202 Å². The summed E-state index contributed by atoms with van der Waals surface area (Å²) >= 11 is 0. The third kappa shape index (κ3) is 9.43. The fraction of sp³-hybridized carbons (Fsp3) is 0.567. The Bertz CT molecular complexity index is 708. The number of unbranched alkanes of at least 4 members (excludes halogenated alkanes) is 4. The predicted molar refractivity (Wildman–Crippen MR) is 140 cm³/mol. The molecule has 0 saturated carbocycles. The number of benzene rings is 2. The summed E-state index contributed by atoms with van der Waals surface area (Å²) in [5.41, 5.74) is 1.97. The van der Waals surface area contributed by atoms with Crippen molar-refractivity contribution in [1.82, 2.24) is 0 Å². The highest BCUT2D eigenvalue weighted by molar-refractivity contribution is 5.78. The quantitative estimate of drug-likeness (QED) is 0.269. The molecule has 2 aromatic carbocycles. The molecule has 0 spiro atoms. The number of carbonyl (C=O) groups excluding carboxylic acids is 1. The molecule has 0 radical (unpaired) electrons. The van der Waals surface area contributed by atoms with Crippen LogP contribution in [-0.4, -0.2) is 29.2 Å². The van der Waals surface area contributed by atoms with Crippen LogP contribution < -0.4 is 0 Å². The SMILES string of the molecule is C.CC(CO)(CCCCCC(=O)CCCCCC(C)(CO)c1ccccc1)c1ccccc1. The van der Waals surface area contributed by atoms with Crippen molar-refractivity contribution < 1.29 is 15.0 Å². The van der Waals surface area contributed by atoms with E-state index in [1.165, 1.54) is 11.1 Å². The van der Waals surface area contributed by atoms with E-state index in [0.29, 0.717) is 18.6 Å². The zero-order chi connectivity index (χ0) is 23.3. The molecule has 3 heteroatoms. The fourth-order valence-corrected chi connectivity index (χ4v) is 4.46. The summed E-state index contributed by atoms with van der Waals surface area (Å²) in [6, 6.07) is 20.4. The van der Waals surface area contributed by atoms with Crippen molar-refractivity contribution in [3.05, 3.63) is 71.8 Å². The second-order valence-corrected chi connectivity index (χ2v) is 9.83. The van der Waals surface area contributed by atoms with Crippen molar-refractivity contribution in [2.75, 3.05) is 13.2 Å².